The van der Waals surface area contributed by atoms with E-state index in [2.05, 4.69) is 42.3 Å². The number of para-hydroxylation sites is 1. The Morgan fingerprint density at radius 2 is 1.86 bits per heavy atom. The molecule has 0 aliphatic heterocycles. The van der Waals surface area contributed by atoms with Crippen LogP contribution in [0.2, 0.25) is 0 Å². The van der Waals surface area contributed by atoms with Gasteiger partial charge in [-0.15, -0.1) is 0 Å². The number of pyridine rings is 1. The Bertz CT molecular complexity index is 784. The Morgan fingerprint density at radius 1 is 1.10 bits per heavy atom. The second kappa shape index (κ2) is 4.88. The van der Waals surface area contributed by atoms with Crippen LogP contribution < -0.4 is 5.32 Å². The van der Waals surface area contributed by atoms with Crippen LogP contribution in [0.4, 0.5) is 11.5 Å². The minimum atomic E-state index is -0.0524. The molecule has 0 spiro atoms. The summed E-state index contributed by atoms with van der Waals surface area (Å²) in [5.41, 5.74) is 2.88. The minimum absolute atomic E-state index is 0.0524. The molecule has 0 unspecified atom stereocenters. The average Bonchev–Trinajstić information content (AvgIpc) is 2.87. The van der Waals surface area contributed by atoms with Gasteiger partial charge in [-0.1, -0.05) is 44.1 Å². The standard InChI is InChI=1S/C17H19N3O/c1-11-9-14(12-7-5-6-8-13(12)18-11)19-16-10-15(21-20-16)17(2,3)4/h5-10H,1-4H3,(H,18,19,20). The van der Waals surface area contributed by atoms with Gasteiger partial charge in [0.1, 0.15) is 5.76 Å². The molecule has 0 fully saturated rings. The maximum atomic E-state index is 5.42. The highest BCUT2D eigenvalue weighted by molar-refractivity contribution is 5.92. The van der Waals surface area contributed by atoms with Crippen LogP contribution in [0.3, 0.4) is 0 Å². The summed E-state index contributed by atoms with van der Waals surface area (Å²) in [4.78, 5) is 4.54. The highest BCUT2D eigenvalue weighted by Gasteiger charge is 2.20. The quantitative estimate of drug-likeness (QED) is 0.747. The van der Waals surface area contributed by atoms with Gasteiger partial charge in [-0.25, -0.2) is 0 Å². The summed E-state index contributed by atoms with van der Waals surface area (Å²) >= 11 is 0. The van der Waals surface area contributed by atoms with Gasteiger partial charge in [-0.3, -0.25) is 4.98 Å². The smallest absolute Gasteiger partial charge is 0.174 e. The van der Waals surface area contributed by atoms with Gasteiger partial charge in [0.05, 0.1) is 11.2 Å². The number of rotatable bonds is 2. The van der Waals surface area contributed by atoms with Crippen molar-refractivity contribution in [1.82, 2.24) is 10.1 Å². The zero-order valence-electron chi connectivity index (χ0n) is 12.8. The normalized spacial score (nSPS) is 11.8. The predicted octanol–water partition coefficient (Wildman–Crippen LogP) is 4.57. The first-order chi connectivity index (χ1) is 9.93. The summed E-state index contributed by atoms with van der Waals surface area (Å²) < 4.78 is 5.42. The van der Waals surface area contributed by atoms with E-state index in [0.29, 0.717) is 0 Å². The van der Waals surface area contributed by atoms with Crippen molar-refractivity contribution >= 4 is 22.4 Å². The fourth-order valence-electron chi connectivity index (χ4n) is 2.24. The molecule has 4 heteroatoms. The second-order valence-corrected chi connectivity index (χ2v) is 6.28. The predicted molar refractivity (Wildman–Crippen MR) is 85.0 cm³/mol. The third-order valence-corrected chi connectivity index (χ3v) is 3.36. The third-order valence-electron chi connectivity index (χ3n) is 3.36. The van der Waals surface area contributed by atoms with Crippen molar-refractivity contribution in [3.05, 3.63) is 47.9 Å². The summed E-state index contributed by atoms with van der Waals surface area (Å²) in [6.07, 6.45) is 0. The van der Waals surface area contributed by atoms with E-state index in [1.165, 1.54) is 0 Å². The highest BCUT2D eigenvalue weighted by atomic mass is 16.5. The molecular formula is C17H19N3O. The second-order valence-electron chi connectivity index (χ2n) is 6.28. The van der Waals surface area contributed by atoms with E-state index < -0.39 is 0 Å². The third kappa shape index (κ3) is 2.75. The fourth-order valence-corrected chi connectivity index (χ4v) is 2.24. The topological polar surface area (TPSA) is 51.0 Å². The van der Waals surface area contributed by atoms with E-state index in [4.69, 9.17) is 4.52 Å². The first kappa shape index (κ1) is 13.6. The van der Waals surface area contributed by atoms with Crippen molar-refractivity contribution in [2.24, 2.45) is 0 Å². The van der Waals surface area contributed by atoms with Crippen LogP contribution in [0.1, 0.15) is 32.2 Å². The molecule has 0 radical (unpaired) electrons. The van der Waals surface area contributed by atoms with Gasteiger partial charge in [-0.2, -0.15) is 0 Å². The van der Waals surface area contributed by atoms with Gasteiger partial charge in [0.25, 0.3) is 0 Å². The van der Waals surface area contributed by atoms with Crippen molar-refractivity contribution < 1.29 is 4.52 Å². The fraction of sp³-hybridized carbons (Fsp3) is 0.294. The lowest BCUT2D eigenvalue weighted by atomic mass is 9.93. The molecule has 0 aliphatic rings. The van der Waals surface area contributed by atoms with Crippen molar-refractivity contribution in [1.29, 1.82) is 0 Å². The molecule has 3 rings (SSSR count). The summed E-state index contributed by atoms with van der Waals surface area (Å²) in [6.45, 7) is 8.29. The lowest BCUT2D eigenvalue weighted by molar-refractivity contribution is 0.331. The molecule has 108 valence electrons. The maximum Gasteiger partial charge on any atom is 0.174 e. The Morgan fingerprint density at radius 3 is 2.57 bits per heavy atom. The van der Waals surface area contributed by atoms with E-state index in [1.807, 2.05) is 37.3 Å². The maximum absolute atomic E-state index is 5.42. The van der Waals surface area contributed by atoms with Crippen LogP contribution in [0.25, 0.3) is 10.9 Å². The zero-order chi connectivity index (χ0) is 15.0. The Balaban J connectivity index is 2.00. The molecule has 0 amide bonds. The van der Waals surface area contributed by atoms with Crippen LogP contribution in [0.15, 0.2) is 40.9 Å². The Kier molecular flexibility index (Phi) is 3.16. The van der Waals surface area contributed by atoms with Gasteiger partial charge in [0.15, 0.2) is 5.82 Å². The lowest BCUT2D eigenvalue weighted by Gasteiger charge is -2.12. The van der Waals surface area contributed by atoms with Crippen molar-refractivity contribution in [2.45, 2.75) is 33.1 Å². The summed E-state index contributed by atoms with van der Waals surface area (Å²) in [6, 6.07) is 12.0. The van der Waals surface area contributed by atoms with E-state index in [1.54, 1.807) is 0 Å². The van der Waals surface area contributed by atoms with E-state index >= 15 is 0 Å². The van der Waals surface area contributed by atoms with Crippen molar-refractivity contribution in [2.75, 3.05) is 5.32 Å². The van der Waals surface area contributed by atoms with Crippen molar-refractivity contribution in [3.63, 3.8) is 0 Å². The van der Waals surface area contributed by atoms with Crippen LogP contribution in [0, 0.1) is 6.92 Å². The van der Waals surface area contributed by atoms with E-state index in [-0.39, 0.29) is 5.41 Å². The summed E-state index contributed by atoms with van der Waals surface area (Å²) in [5, 5.41) is 8.52. The highest BCUT2D eigenvalue weighted by Crippen LogP contribution is 2.29. The van der Waals surface area contributed by atoms with Gasteiger partial charge in [0.2, 0.25) is 0 Å². The number of anilines is 2. The number of aromatic nitrogens is 2. The van der Waals surface area contributed by atoms with Crippen LogP contribution >= 0.6 is 0 Å². The monoisotopic (exact) mass is 281 g/mol. The SMILES string of the molecule is Cc1cc(Nc2cc(C(C)(C)C)on2)c2ccccc2n1. The molecule has 2 heterocycles. The Labute approximate surface area is 124 Å². The van der Waals surface area contributed by atoms with Gasteiger partial charge in [-0.05, 0) is 19.1 Å². The lowest BCUT2D eigenvalue weighted by Crippen LogP contribution is -2.09. The molecule has 0 bridgehead atoms. The van der Waals surface area contributed by atoms with Gasteiger partial charge >= 0.3 is 0 Å². The molecule has 0 saturated carbocycles. The number of nitrogens with one attached hydrogen (secondary N) is 1. The number of nitrogens with zero attached hydrogens (tertiary/aromatic N) is 2. The number of fused-ring (bicyclic) bond motifs is 1. The van der Waals surface area contributed by atoms with E-state index in [9.17, 15) is 0 Å². The average molecular weight is 281 g/mol. The number of hydrogen-bond donors (Lipinski definition) is 1. The molecule has 0 aliphatic carbocycles. The molecule has 0 saturated heterocycles. The molecule has 3 aromatic rings. The zero-order valence-corrected chi connectivity index (χ0v) is 12.8. The first-order valence-corrected chi connectivity index (χ1v) is 7.04. The molecular weight excluding hydrogens is 262 g/mol. The Hall–Kier alpha value is -2.36. The van der Waals surface area contributed by atoms with Gasteiger partial charge < -0.3 is 9.84 Å². The summed E-state index contributed by atoms with van der Waals surface area (Å²) in [7, 11) is 0. The minimum Gasteiger partial charge on any atom is -0.359 e. The largest absolute Gasteiger partial charge is 0.359 e. The molecule has 21 heavy (non-hydrogen) atoms. The molecule has 2 aromatic heterocycles. The van der Waals surface area contributed by atoms with Gasteiger partial charge in [0, 0.05) is 22.6 Å². The first-order valence-electron chi connectivity index (χ1n) is 7.04. The van der Waals surface area contributed by atoms with Crippen LogP contribution in [-0.4, -0.2) is 10.1 Å². The number of aryl methyl sites for hydroxylation is 1. The molecule has 1 aromatic carbocycles. The molecule has 4 nitrogen and oxygen atoms in total. The molecule has 1 N–H and O–H groups in total. The summed E-state index contributed by atoms with van der Waals surface area (Å²) in [5.74, 6) is 1.58. The van der Waals surface area contributed by atoms with Crippen LogP contribution in [0.5, 0.6) is 0 Å². The number of benzene rings is 1. The van der Waals surface area contributed by atoms with Crippen LogP contribution in [-0.2, 0) is 5.41 Å². The number of hydrogen-bond acceptors (Lipinski definition) is 4. The van der Waals surface area contributed by atoms with E-state index in [0.717, 1.165) is 33.9 Å². The molecule has 0 atom stereocenters. The van der Waals surface area contributed by atoms with Crippen molar-refractivity contribution in [3.8, 4) is 0 Å².